The number of piperidine rings is 1. The second-order valence-electron chi connectivity index (χ2n) is 10.7. The van der Waals surface area contributed by atoms with Gasteiger partial charge in [-0.2, -0.15) is 20.1 Å². The quantitative estimate of drug-likeness (QED) is 0.144. The van der Waals surface area contributed by atoms with Crippen molar-refractivity contribution in [1.29, 1.82) is 0 Å². The van der Waals surface area contributed by atoms with Gasteiger partial charge in [0, 0.05) is 24.3 Å². The van der Waals surface area contributed by atoms with Crippen molar-refractivity contribution >= 4 is 29.7 Å². The first-order chi connectivity index (χ1) is 20.9. The van der Waals surface area contributed by atoms with Gasteiger partial charge in [-0.15, -0.1) is 0 Å². The van der Waals surface area contributed by atoms with Gasteiger partial charge >= 0.3 is 0 Å². The molecule has 10 heteroatoms. The van der Waals surface area contributed by atoms with Crippen LogP contribution in [0.1, 0.15) is 48.9 Å². The van der Waals surface area contributed by atoms with Crippen LogP contribution in [0.15, 0.2) is 65.8 Å². The predicted octanol–water partition coefficient (Wildman–Crippen LogP) is 7.03. The Hall–Kier alpha value is -4.73. The van der Waals surface area contributed by atoms with Crippen LogP contribution in [0.2, 0.25) is 0 Å². The second kappa shape index (κ2) is 14.0. The lowest BCUT2D eigenvalue weighted by molar-refractivity contribution is 0.266. The van der Waals surface area contributed by atoms with Crippen molar-refractivity contribution in [3.8, 4) is 11.5 Å². The molecule has 0 bridgehead atoms. The molecule has 0 spiro atoms. The molecule has 0 aliphatic carbocycles. The van der Waals surface area contributed by atoms with E-state index < -0.39 is 0 Å². The van der Waals surface area contributed by atoms with Crippen molar-refractivity contribution in [2.24, 2.45) is 11.0 Å². The van der Waals surface area contributed by atoms with Gasteiger partial charge < -0.3 is 19.7 Å². The molecule has 224 valence electrons. The Bertz CT molecular complexity index is 1570. The molecule has 5 rings (SSSR count). The Balaban J connectivity index is 1.33. The average molecular weight is 584 g/mol. The van der Waals surface area contributed by atoms with Gasteiger partial charge in [0.15, 0.2) is 11.5 Å². The van der Waals surface area contributed by atoms with Gasteiger partial charge in [0.25, 0.3) is 0 Å². The SMILES string of the molecule is CCOc1cc(/C=N\Nc2nc(Nc3cccc(C)c3C)nc(N3CCC(C)CC3)n2)ccc1OCc1ccccc1F. The fraction of sp³-hybridized carbons (Fsp3) is 0.333. The number of benzene rings is 3. The van der Waals surface area contributed by atoms with Gasteiger partial charge in [-0.3, -0.25) is 0 Å². The zero-order valence-electron chi connectivity index (χ0n) is 25.1. The molecule has 1 aliphatic rings. The normalized spacial score (nSPS) is 13.7. The third kappa shape index (κ3) is 7.77. The van der Waals surface area contributed by atoms with Gasteiger partial charge in [0.2, 0.25) is 17.8 Å². The lowest BCUT2D eigenvalue weighted by atomic mass is 10.00. The van der Waals surface area contributed by atoms with Crippen LogP contribution >= 0.6 is 0 Å². The van der Waals surface area contributed by atoms with Crippen molar-refractivity contribution < 1.29 is 13.9 Å². The number of aromatic nitrogens is 3. The summed E-state index contributed by atoms with van der Waals surface area (Å²) in [4.78, 5) is 16.2. The summed E-state index contributed by atoms with van der Waals surface area (Å²) < 4.78 is 25.7. The molecule has 43 heavy (non-hydrogen) atoms. The standard InChI is InChI=1S/C33H38FN7O2/c1-5-42-30-19-25(13-14-29(30)43-21-26-10-6-7-11-27(26)34)20-35-40-32-37-31(36-28-12-8-9-23(3)24(28)4)38-33(39-32)41-17-15-22(2)16-18-41/h6-14,19-20,22H,5,15-18,21H2,1-4H3,(H2,36,37,38,39,40)/b35-20-. The van der Waals surface area contributed by atoms with E-state index in [0.717, 1.165) is 42.7 Å². The molecule has 0 atom stereocenters. The smallest absolute Gasteiger partial charge is 0.250 e. The maximum atomic E-state index is 14.0. The fourth-order valence-corrected chi connectivity index (χ4v) is 4.76. The van der Waals surface area contributed by atoms with Gasteiger partial charge in [-0.1, -0.05) is 37.3 Å². The van der Waals surface area contributed by atoms with E-state index in [1.165, 1.54) is 11.6 Å². The topological polar surface area (TPSA) is 96.8 Å². The lowest BCUT2D eigenvalue weighted by Crippen LogP contribution is -2.34. The van der Waals surface area contributed by atoms with E-state index in [0.29, 0.717) is 47.4 Å². The first kappa shape index (κ1) is 29.8. The Labute approximate surface area is 252 Å². The molecule has 1 saturated heterocycles. The molecule has 0 unspecified atom stereocenters. The van der Waals surface area contributed by atoms with E-state index in [-0.39, 0.29) is 12.4 Å². The third-order valence-corrected chi connectivity index (χ3v) is 7.53. The lowest BCUT2D eigenvalue weighted by Gasteiger charge is -2.30. The van der Waals surface area contributed by atoms with Gasteiger partial charge in [-0.25, -0.2) is 9.82 Å². The summed E-state index contributed by atoms with van der Waals surface area (Å²) in [6.45, 7) is 10.7. The highest BCUT2D eigenvalue weighted by Crippen LogP contribution is 2.29. The van der Waals surface area contributed by atoms with Crippen molar-refractivity contribution in [1.82, 2.24) is 15.0 Å². The minimum absolute atomic E-state index is 0.0951. The van der Waals surface area contributed by atoms with E-state index in [9.17, 15) is 4.39 Å². The molecule has 1 fully saturated rings. The van der Waals surface area contributed by atoms with Gasteiger partial charge in [0.05, 0.1) is 12.8 Å². The van der Waals surface area contributed by atoms with E-state index in [2.05, 4.69) is 57.5 Å². The number of hydrogen-bond acceptors (Lipinski definition) is 9. The summed E-state index contributed by atoms with van der Waals surface area (Å²) in [6, 6.07) is 18.1. The third-order valence-electron chi connectivity index (χ3n) is 7.53. The molecule has 0 saturated carbocycles. The van der Waals surface area contributed by atoms with E-state index in [1.807, 2.05) is 31.2 Å². The van der Waals surface area contributed by atoms with Crippen LogP contribution in [0.3, 0.4) is 0 Å². The number of nitrogens with zero attached hydrogens (tertiary/aromatic N) is 5. The molecule has 9 nitrogen and oxygen atoms in total. The van der Waals surface area contributed by atoms with E-state index >= 15 is 0 Å². The predicted molar refractivity (Wildman–Crippen MR) is 169 cm³/mol. The number of nitrogens with one attached hydrogen (secondary N) is 2. The van der Waals surface area contributed by atoms with Gasteiger partial charge in [0.1, 0.15) is 12.4 Å². The Kier molecular flexibility index (Phi) is 9.66. The van der Waals surface area contributed by atoms with Crippen LogP contribution < -0.4 is 25.1 Å². The molecule has 0 radical (unpaired) electrons. The highest BCUT2D eigenvalue weighted by Gasteiger charge is 2.20. The molecule has 0 amide bonds. The largest absolute Gasteiger partial charge is 0.490 e. The summed E-state index contributed by atoms with van der Waals surface area (Å²) in [6.07, 6.45) is 3.84. The van der Waals surface area contributed by atoms with Crippen LogP contribution in [0, 0.1) is 25.6 Å². The highest BCUT2D eigenvalue weighted by atomic mass is 19.1. The molecular formula is C33H38FN7O2. The highest BCUT2D eigenvalue weighted by molar-refractivity contribution is 5.81. The molecule has 1 aliphatic heterocycles. The first-order valence-corrected chi connectivity index (χ1v) is 14.7. The Morgan fingerprint density at radius 2 is 1.74 bits per heavy atom. The second-order valence-corrected chi connectivity index (χ2v) is 10.7. The number of aryl methyl sites for hydroxylation is 1. The van der Waals surface area contributed by atoms with Gasteiger partial charge in [-0.05, 0) is 86.6 Å². The number of halogens is 1. The zero-order chi connectivity index (χ0) is 30.2. The zero-order valence-corrected chi connectivity index (χ0v) is 25.1. The molecule has 4 aromatic rings. The maximum Gasteiger partial charge on any atom is 0.250 e. The van der Waals surface area contributed by atoms with E-state index in [1.54, 1.807) is 30.5 Å². The van der Waals surface area contributed by atoms with Crippen LogP contribution in [0.5, 0.6) is 11.5 Å². The molecule has 3 aromatic carbocycles. The van der Waals surface area contributed by atoms with E-state index in [4.69, 9.17) is 14.5 Å². The number of hydrazone groups is 1. The summed E-state index contributed by atoms with van der Waals surface area (Å²) >= 11 is 0. The van der Waals surface area contributed by atoms with Crippen LogP contribution in [-0.2, 0) is 6.61 Å². The van der Waals surface area contributed by atoms with Crippen LogP contribution in [-0.4, -0.2) is 40.9 Å². The van der Waals surface area contributed by atoms with Crippen molar-refractivity contribution in [3.05, 3.63) is 88.7 Å². The minimum Gasteiger partial charge on any atom is -0.490 e. The first-order valence-electron chi connectivity index (χ1n) is 14.7. The summed E-state index contributed by atoms with van der Waals surface area (Å²) in [5.74, 6) is 2.85. The van der Waals surface area contributed by atoms with Crippen molar-refractivity contribution in [3.63, 3.8) is 0 Å². The number of hydrogen-bond donors (Lipinski definition) is 2. The fourth-order valence-electron chi connectivity index (χ4n) is 4.76. The summed E-state index contributed by atoms with van der Waals surface area (Å²) in [7, 11) is 0. The number of rotatable bonds is 11. The van der Waals surface area contributed by atoms with Crippen LogP contribution in [0.25, 0.3) is 0 Å². The Morgan fingerprint density at radius 1 is 0.953 bits per heavy atom. The summed E-state index contributed by atoms with van der Waals surface area (Å²) in [5.41, 5.74) is 7.49. The van der Waals surface area contributed by atoms with Crippen molar-refractivity contribution in [2.75, 3.05) is 35.3 Å². The summed E-state index contributed by atoms with van der Waals surface area (Å²) in [5, 5.41) is 7.78. The Morgan fingerprint density at radius 3 is 2.53 bits per heavy atom. The maximum absolute atomic E-state index is 14.0. The molecule has 2 heterocycles. The monoisotopic (exact) mass is 583 g/mol. The minimum atomic E-state index is -0.306. The number of anilines is 4. The number of ether oxygens (including phenoxy) is 2. The molecular weight excluding hydrogens is 545 g/mol. The average Bonchev–Trinajstić information content (AvgIpc) is 3.00. The van der Waals surface area contributed by atoms with Crippen molar-refractivity contribution in [2.45, 2.75) is 47.1 Å². The van der Waals surface area contributed by atoms with Crippen LogP contribution in [0.4, 0.5) is 27.9 Å². The molecule has 1 aromatic heterocycles. The molecule has 2 N–H and O–H groups in total.